The van der Waals surface area contributed by atoms with Gasteiger partial charge in [-0.3, -0.25) is 0 Å². The molecule has 0 fully saturated rings. The fourth-order valence-corrected chi connectivity index (χ4v) is 11.3. The van der Waals surface area contributed by atoms with Crippen LogP contribution in [-0.2, 0) is 0 Å². The minimum Gasteiger partial charge on any atom is -0.308 e. The van der Waals surface area contributed by atoms with Crippen LogP contribution in [0.1, 0.15) is 0 Å². The number of hydrogen-bond donors (Lipinski definition) is 0. The third-order valence-corrected chi connectivity index (χ3v) is 13.9. The van der Waals surface area contributed by atoms with Gasteiger partial charge in [-0.05, 0) is 105 Å². The number of anilines is 6. The van der Waals surface area contributed by atoms with Gasteiger partial charge in [-0.2, -0.15) is 0 Å². The Bertz CT molecular complexity index is 3530. The third-order valence-electron chi connectivity index (χ3n) is 11.6. The zero-order valence-electron chi connectivity index (χ0n) is 31.3. The molecular weight excluding hydrogens is 741 g/mol. The highest BCUT2D eigenvalue weighted by atomic mass is 32.1. The Morgan fingerprint density at radius 3 is 1.71 bits per heavy atom. The van der Waals surface area contributed by atoms with Crippen LogP contribution in [0.4, 0.5) is 34.1 Å². The Hall–Kier alpha value is -6.98. The second-order valence-corrected chi connectivity index (χ2v) is 17.0. The number of thiophene rings is 2. The van der Waals surface area contributed by atoms with Crippen LogP contribution in [0.3, 0.4) is 0 Å². The van der Waals surface area contributed by atoms with Gasteiger partial charge < -0.3 is 9.80 Å². The highest BCUT2D eigenvalue weighted by Crippen LogP contribution is 2.54. The summed E-state index contributed by atoms with van der Waals surface area (Å²) in [6.45, 7) is 0. The molecule has 272 valence electrons. The quantitative estimate of drug-likeness (QED) is 0.155. The van der Waals surface area contributed by atoms with Crippen molar-refractivity contribution in [1.29, 1.82) is 0 Å². The maximum absolute atomic E-state index is 2.52. The average Bonchev–Trinajstić information content (AvgIpc) is 3.85. The van der Waals surface area contributed by atoms with E-state index in [-0.39, 0.29) is 0 Å². The van der Waals surface area contributed by atoms with E-state index in [1.54, 1.807) is 0 Å². The van der Waals surface area contributed by atoms with Crippen LogP contribution in [-0.4, -0.2) is 0 Å². The van der Waals surface area contributed by atoms with Gasteiger partial charge >= 0.3 is 0 Å². The van der Waals surface area contributed by atoms with Crippen molar-refractivity contribution in [3.05, 3.63) is 206 Å². The molecule has 58 heavy (non-hydrogen) atoms. The SMILES string of the molecule is c1ccc(N(c2ccc3sc4cc5ccccc5cc4c3c2N(c2ccccc2)c2ccc3ccc4ccccc4c3c2)c2cccc3c2sc2ccccc23)cc1. The van der Waals surface area contributed by atoms with Gasteiger partial charge in [0.2, 0.25) is 0 Å². The lowest BCUT2D eigenvalue weighted by Crippen LogP contribution is -2.17. The van der Waals surface area contributed by atoms with Crippen LogP contribution >= 0.6 is 22.7 Å². The van der Waals surface area contributed by atoms with E-state index >= 15 is 0 Å². The molecule has 0 spiro atoms. The second-order valence-electron chi connectivity index (χ2n) is 14.9. The van der Waals surface area contributed by atoms with Crippen LogP contribution in [0.5, 0.6) is 0 Å². The van der Waals surface area contributed by atoms with E-state index in [0.717, 1.165) is 34.1 Å². The highest BCUT2D eigenvalue weighted by Gasteiger charge is 2.28. The molecule has 0 atom stereocenters. The van der Waals surface area contributed by atoms with E-state index in [2.05, 4.69) is 216 Å². The van der Waals surface area contributed by atoms with E-state index in [4.69, 9.17) is 0 Å². The number of benzene rings is 10. The lowest BCUT2D eigenvalue weighted by Gasteiger charge is -2.34. The van der Waals surface area contributed by atoms with Gasteiger partial charge in [-0.15, -0.1) is 22.7 Å². The molecule has 0 N–H and O–H groups in total. The van der Waals surface area contributed by atoms with Gasteiger partial charge in [0.15, 0.2) is 0 Å². The maximum atomic E-state index is 2.52. The van der Waals surface area contributed by atoms with Gasteiger partial charge in [0.1, 0.15) is 0 Å². The fraction of sp³-hybridized carbons (Fsp3) is 0. The number of rotatable bonds is 6. The first-order valence-corrected chi connectivity index (χ1v) is 21.3. The normalized spacial score (nSPS) is 11.8. The molecule has 0 radical (unpaired) electrons. The molecule has 0 aliphatic carbocycles. The summed E-state index contributed by atoms with van der Waals surface area (Å²) in [5.74, 6) is 0. The monoisotopic (exact) mass is 774 g/mol. The molecule has 12 aromatic rings. The fourth-order valence-electron chi connectivity index (χ4n) is 8.94. The number of hydrogen-bond acceptors (Lipinski definition) is 4. The summed E-state index contributed by atoms with van der Waals surface area (Å²) in [5.41, 5.74) is 6.73. The second kappa shape index (κ2) is 13.3. The largest absolute Gasteiger partial charge is 0.308 e. The van der Waals surface area contributed by atoms with E-state index in [9.17, 15) is 0 Å². The Balaban J connectivity index is 1.24. The topological polar surface area (TPSA) is 6.48 Å². The van der Waals surface area contributed by atoms with Crippen molar-refractivity contribution in [3.8, 4) is 0 Å². The first-order chi connectivity index (χ1) is 28.8. The summed E-state index contributed by atoms with van der Waals surface area (Å²) < 4.78 is 5.09. The Labute approximate surface area is 343 Å². The molecule has 2 nitrogen and oxygen atoms in total. The van der Waals surface area contributed by atoms with Crippen molar-refractivity contribution < 1.29 is 0 Å². The summed E-state index contributed by atoms with van der Waals surface area (Å²) in [4.78, 5) is 5.02. The predicted molar refractivity (Wildman–Crippen MR) is 254 cm³/mol. The minimum absolute atomic E-state index is 1.10. The number of nitrogens with zero attached hydrogens (tertiary/aromatic N) is 2. The van der Waals surface area contributed by atoms with Crippen molar-refractivity contribution in [3.63, 3.8) is 0 Å². The van der Waals surface area contributed by atoms with Gasteiger partial charge in [0, 0.05) is 52.7 Å². The standard InChI is InChI=1S/C54H34N2S2/c1-3-17-39(18-4-1)55(41-29-28-36-27-26-35-14-9-10-21-42(35)45(36)34-41)53-47(30-31-50-52(53)46-32-37-15-7-8-16-38(37)33-51(46)57-50)56(40-19-5-2-6-20-40)48-24-13-23-44-43-22-11-12-25-49(43)58-54(44)48/h1-34H. The molecule has 2 aromatic heterocycles. The van der Waals surface area contributed by atoms with Crippen molar-refractivity contribution >= 4 is 129 Å². The molecule has 0 saturated heterocycles. The Morgan fingerprint density at radius 1 is 0.293 bits per heavy atom. The van der Waals surface area contributed by atoms with E-state index in [0.29, 0.717) is 0 Å². The summed E-state index contributed by atoms with van der Waals surface area (Å²) in [5, 5.41) is 12.5. The number of fused-ring (bicyclic) bond motifs is 10. The van der Waals surface area contributed by atoms with Crippen molar-refractivity contribution in [1.82, 2.24) is 0 Å². The van der Waals surface area contributed by atoms with Crippen LogP contribution in [0.2, 0.25) is 0 Å². The molecule has 2 heterocycles. The van der Waals surface area contributed by atoms with E-state index in [1.807, 2.05) is 22.7 Å². The van der Waals surface area contributed by atoms with Crippen LogP contribution in [0.15, 0.2) is 206 Å². The summed E-state index contributed by atoms with van der Waals surface area (Å²) in [7, 11) is 0. The average molecular weight is 775 g/mol. The van der Waals surface area contributed by atoms with Crippen LogP contribution in [0, 0.1) is 0 Å². The molecule has 0 unspecified atom stereocenters. The van der Waals surface area contributed by atoms with Crippen LogP contribution < -0.4 is 9.80 Å². The molecule has 12 rings (SSSR count). The molecular formula is C54H34N2S2. The molecule has 0 amide bonds. The van der Waals surface area contributed by atoms with Gasteiger partial charge in [0.25, 0.3) is 0 Å². The predicted octanol–water partition coefficient (Wildman–Crippen LogP) is 16.8. The summed E-state index contributed by atoms with van der Waals surface area (Å²) in [6, 6.07) is 75.9. The first-order valence-electron chi connectivity index (χ1n) is 19.7. The molecule has 0 bridgehead atoms. The zero-order chi connectivity index (χ0) is 38.2. The van der Waals surface area contributed by atoms with Gasteiger partial charge in [0.05, 0.1) is 21.8 Å². The first kappa shape index (κ1) is 33.2. The molecule has 0 aliphatic rings. The van der Waals surface area contributed by atoms with Crippen molar-refractivity contribution in [2.24, 2.45) is 0 Å². The molecule has 0 saturated carbocycles. The highest BCUT2D eigenvalue weighted by molar-refractivity contribution is 7.26. The van der Waals surface area contributed by atoms with Gasteiger partial charge in [-0.25, -0.2) is 0 Å². The maximum Gasteiger partial charge on any atom is 0.0796 e. The summed E-state index contributed by atoms with van der Waals surface area (Å²) >= 11 is 3.75. The zero-order valence-corrected chi connectivity index (χ0v) is 33.0. The van der Waals surface area contributed by atoms with Crippen LogP contribution in [0.25, 0.3) is 72.7 Å². The molecule has 4 heteroatoms. The van der Waals surface area contributed by atoms with Crippen molar-refractivity contribution in [2.75, 3.05) is 9.80 Å². The van der Waals surface area contributed by atoms with Gasteiger partial charge in [-0.1, -0.05) is 133 Å². The van der Waals surface area contributed by atoms with Crippen molar-refractivity contribution in [2.45, 2.75) is 0 Å². The minimum atomic E-state index is 1.10. The van der Waals surface area contributed by atoms with E-state index < -0.39 is 0 Å². The third kappa shape index (κ3) is 5.23. The molecule has 0 aliphatic heterocycles. The smallest absolute Gasteiger partial charge is 0.0796 e. The Kier molecular flexibility index (Phi) is 7.62. The van der Waals surface area contributed by atoms with E-state index in [1.165, 1.54) is 72.7 Å². The molecule has 10 aromatic carbocycles. The lowest BCUT2D eigenvalue weighted by molar-refractivity contribution is 1.25. The number of para-hydroxylation sites is 2. The summed E-state index contributed by atoms with van der Waals surface area (Å²) in [6.07, 6.45) is 0. The lowest BCUT2D eigenvalue weighted by atomic mass is 9.99. The Morgan fingerprint density at radius 2 is 0.914 bits per heavy atom.